The highest BCUT2D eigenvalue weighted by molar-refractivity contribution is 5.89. The molecular formula is C25H26FN3O3. The number of aliphatic hydroxyl groups excluding tert-OH is 1. The van der Waals surface area contributed by atoms with Gasteiger partial charge in [-0.1, -0.05) is 42.5 Å². The largest absolute Gasteiger partial charge is 0.394 e. The Labute approximate surface area is 186 Å². The molecule has 1 aliphatic heterocycles. The number of hydrogen-bond donors (Lipinski definition) is 2. The highest BCUT2D eigenvalue weighted by Gasteiger charge is 2.28. The van der Waals surface area contributed by atoms with Crippen LogP contribution in [0.2, 0.25) is 0 Å². The van der Waals surface area contributed by atoms with Crippen LogP contribution in [0.3, 0.4) is 0 Å². The number of amides is 2. The Bertz CT molecular complexity index is 1100. The van der Waals surface area contributed by atoms with Crippen molar-refractivity contribution in [2.45, 2.75) is 12.5 Å². The Morgan fingerprint density at radius 1 is 0.938 bits per heavy atom. The standard InChI is InChI=1S/C25H26FN3O3/c26-21-7-9-22(10-8-21)28-11-13-29(14-12-28)25(32)23(17-30)27-24(31)16-18-5-6-19-3-1-2-4-20(19)15-18/h1-10,15,23,30H,11-14,16-17H2,(H,27,31)/t23-/m0/s1. The average molecular weight is 435 g/mol. The van der Waals surface area contributed by atoms with Crippen LogP contribution >= 0.6 is 0 Å². The van der Waals surface area contributed by atoms with Crippen LogP contribution < -0.4 is 10.2 Å². The van der Waals surface area contributed by atoms with E-state index in [4.69, 9.17) is 0 Å². The van der Waals surface area contributed by atoms with Crippen LogP contribution in [-0.4, -0.2) is 60.6 Å². The molecule has 2 N–H and O–H groups in total. The summed E-state index contributed by atoms with van der Waals surface area (Å²) in [4.78, 5) is 29.1. The first-order valence-electron chi connectivity index (χ1n) is 10.7. The van der Waals surface area contributed by atoms with Crippen molar-refractivity contribution in [2.24, 2.45) is 0 Å². The Kier molecular flexibility index (Phi) is 6.66. The monoisotopic (exact) mass is 435 g/mol. The molecule has 0 unspecified atom stereocenters. The number of nitrogens with zero attached hydrogens (tertiary/aromatic N) is 2. The van der Waals surface area contributed by atoms with Crippen molar-refractivity contribution in [2.75, 3.05) is 37.7 Å². The molecule has 1 saturated heterocycles. The van der Waals surface area contributed by atoms with Crippen LogP contribution in [0.5, 0.6) is 0 Å². The van der Waals surface area contributed by atoms with Crippen molar-refractivity contribution in [3.05, 3.63) is 78.1 Å². The summed E-state index contributed by atoms with van der Waals surface area (Å²) in [5.74, 6) is -0.886. The Morgan fingerprint density at radius 3 is 2.31 bits per heavy atom. The third-order valence-electron chi connectivity index (χ3n) is 5.78. The fourth-order valence-electron chi connectivity index (χ4n) is 4.02. The van der Waals surface area contributed by atoms with Crippen molar-refractivity contribution in [1.29, 1.82) is 0 Å². The van der Waals surface area contributed by atoms with Crippen molar-refractivity contribution < 1.29 is 19.1 Å². The van der Waals surface area contributed by atoms with Crippen molar-refractivity contribution in [3.8, 4) is 0 Å². The molecule has 3 aromatic carbocycles. The van der Waals surface area contributed by atoms with Gasteiger partial charge in [-0.25, -0.2) is 4.39 Å². The van der Waals surface area contributed by atoms with E-state index in [2.05, 4.69) is 10.2 Å². The van der Waals surface area contributed by atoms with E-state index >= 15 is 0 Å². The summed E-state index contributed by atoms with van der Waals surface area (Å²) in [6.07, 6.45) is 0.132. The number of nitrogens with one attached hydrogen (secondary N) is 1. The molecule has 0 aromatic heterocycles. The Balaban J connectivity index is 1.32. The predicted octanol–water partition coefficient (Wildman–Crippen LogP) is 2.35. The van der Waals surface area contributed by atoms with E-state index in [1.54, 1.807) is 17.0 Å². The van der Waals surface area contributed by atoms with Gasteiger partial charge in [-0.05, 0) is 40.6 Å². The van der Waals surface area contributed by atoms with Gasteiger partial charge in [0.2, 0.25) is 11.8 Å². The molecular weight excluding hydrogens is 409 g/mol. The number of carbonyl (C=O) groups excluding carboxylic acids is 2. The van der Waals surface area contributed by atoms with Crippen LogP contribution in [0.1, 0.15) is 5.56 Å². The van der Waals surface area contributed by atoms with Gasteiger partial charge in [-0.2, -0.15) is 0 Å². The van der Waals surface area contributed by atoms with Gasteiger partial charge < -0.3 is 20.2 Å². The van der Waals surface area contributed by atoms with Gasteiger partial charge in [-0.3, -0.25) is 9.59 Å². The van der Waals surface area contributed by atoms with Gasteiger partial charge in [0.05, 0.1) is 13.0 Å². The van der Waals surface area contributed by atoms with Gasteiger partial charge in [0, 0.05) is 31.9 Å². The molecule has 7 heteroatoms. The van der Waals surface area contributed by atoms with Crippen LogP contribution in [0.4, 0.5) is 10.1 Å². The number of rotatable bonds is 6. The molecule has 2 amide bonds. The highest BCUT2D eigenvalue weighted by Crippen LogP contribution is 2.18. The summed E-state index contributed by atoms with van der Waals surface area (Å²) < 4.78 is 13.1. The SMILES string of the molecule is O=C(Cc1ccc2ccccc2c1)N[C@@H](CO)C(=O)N1CCN(c2ccc(F)cc2)CC1. The second kappa shape index (κ2) is 9.78. The maximum Gasteiger partial charge on any atom is 0.247 e. The smallest absolute Gasteiger partial charge is 0.247 e. The van der Waals surface area contributed by atoms with Gasteiger partial charge in [0.15, 0.2) is 0 Å². The van der Waals surface area contributed by atoms with Gasteiger partial charge >= 0.3 is 0 Å². The first-order valence-corrected chi connectivity index (χ1v) is 10.7. The second-order valence-electron chi connectivity index (χ2n) is 7.95. The zero-order valence-electron chi connectivity index (χ0n) is 17.7. The Hall–Kier alpha value is -3.45. The van der Waals surface area contributed by atoms with Crippen molar-refractivity contribution in [3.63, 3.8) is 0 Å². The lowest BCUT2D eigenvalue weighted by Crippen LogP contribution is -2.56. The maximum absolute atomic E-state index is 13.1. The summed E-state index contributed by atoms with van der Waals surface area (Å²) in [6.45, 7) is 1.67. The lowest BCUT2D eigenvalue weighted by atomic mass is 10.0. The summed E-state index contributed by atoms with van der Waals surface area (Å²) >= 11 is 0. The van der Waals surface area contributed by atoms with E-state index in [0.29, 0.717) is 26.2 Å². The van der Waals surface area contributed by atoms with Gasteiger partial charge in [0.25, 0.3) is 0 Å². The number of aliphatic hydroxyl groups is 1. The molecule has 0 saturated carbocycles. The van der Waals surface area contributed by atoms with E-state index in [9.17, 15) is 19.1 Å². The molecule has 1 atom stereocenters. The molecule has 1 fully saturated rings. The lowest BCUT2D eigenvalue weighted by Gasteiger charge is -2.37. The maximum atomic E-state index is 13.1. The topological polar surface area (TPSA) is 72.9 Å². The third-order valence-corrected chi connectivity index (χ3v) is 5.78. The number of piperazine rings is 1. The third kappa shape index (κ3) is 5.06. The second-order valence-corrected chi connectivity index (χ2v) is 7.95. The summed E-state index contributed by atoms with van der Waals surface area (Å²) in [5, 5.41) is 14.6. The minimum absolute atomic E-state index is 0.132. The molecule has 4 rings (SSSR count). The molecule has 0 radical (unpaired) electrons. The molecule has 3 aromatic rings. The predicted molar refractivity (Wildman–Crippen MR) is 122 cm³/mol. The normalized spacial score (nSPS) is 14.9. The molecule has 0 bridgehead atoms. The average Bonchev–Trinajstić information content (AvgIpc) is 2.82. The minimum atomic E-state index is -0.972. The van der Waals surface area contributed by atoms with E-state index in [-0.39, 0.29) is 24.1 Å². The molecule has 6 nitrogen and oxygen atoms in total. The Morgan fingerprint density at radius 2 is 1.62 bits per heavy atom. The first kappa shape index (κ1) is 21.8. The van der Waals surface area contributed by atoms with E-state index < -0.39 is 12.6 Å². The molecule has 32 heavy (non-hydrogen) atoms. The minimum Gasteiger partial charge on any atom is -0.394 e. The van der Waals surface area contributed by atoms with Crippen LogP contribution in [0.25, 0.3) is 10.8 Å². The molecule has 1 heterocycles. The fraction of sp³-hybridized carbons (Fsp3) is 0.280. The molecule has 1 aliphatic rings. The number of fused-ring (bicyclic) bond motifs is 1. The van der Waals surface area contributed by atoms with E-state index in [1.165, 1.54) is 12.1 Å². The van der Waals surface area contributed by atoms with Crippen LogP contribution in [0, 0.1) is 5.82 Å². The molecule has 0 spiro atoms. The van der Waals surface area contributed by atoms with Gasteiger partial charge in [0.1, 0.15) is 11.9 Å². The summed E-state index contributed by atoms with van der Waals surface area (Å²) in [5.41, 5.74) is 1.75. The quantitative estimate of drug-likeness (QED) is 0.624. The van der Waals surface area contributed by atoms with E-state index in [0.717, 1.165) is 22.0 Å². The van der Waals surface area contributed by atoms with Crippen LogP contribution in [-0.2, 0) is 16.0 Å². The molecule has 0 aliphatic carbocycles. The number of anilines is 1. The zero-order valence-corrected chi connectivity index (χ0v) is 17.7. The number of halogens is 1. The number of carbonyl (C=O) groups is 2. The number of hydrogen-bond acceptors (Lipinski definition) is 4. The summed E-state index contributed by atoms with van der Waals surface area (Å²) in [7, 11) is 0. The zero-order chi connectivity index (χ0) is 22.5. The van der Waals surface area contributed by atoms with Crippen LogP contribution in [0.15, 0.2) is 66.7 Å². The fourth-order valence-corrected chi connectivity index (χ4v) is 4.02. The number of benzene rings is 3. The summed E-state index contributed by atoms with van der Waals surface area (Å²) in [6, 6.07) is 19.0. The first-order chi connectivity index (χ1) is 15.5. The highest BCUT2D eigenvalue weighted by atomic mass is 19.1. The van der Waals surface area contributed by atoms with Crippen molar-refractivity contribution >= 4 is 28.3 Å². The van der Waals surface area contributed by atoms with Gasteiger partial charge in [-0.15, -0.1) is 0 Å². The van der Waals surface area contributed by atoms with E-state index in [1.807, 2.05) is 42.5 Å². The van der Waals surface area contributed by atoms with Crippen molar-refractivity contribution in [1.82, 2.24) is 10.2 Å². The lowest BCUT2D eigenvalue weighted by molar-refractivity contribution is -0.137. The molecule has 166 valence electrons.